The lowest BCUT2D eigenvalue weighted by atomic mass is 10.0. The van der Waals surface area contributed by atoms with Crippen LogP contribution in [-0.4, -0.2) is 28.7 Å². The Labute approximate surface area is 130 Å². The first kappa shape index (κ1) is 14.8. The highest BCUT2D eigenvalue weighted by molar-refractivity contribution is 5.74. The van der Waals surface area contributed by atoms with Crippen LogP contribution in [0, 0.1) is 5.92 Å². The first-order valence-corrected chi connectivity index (χ1v) is 7.72. The molecule has 5 nitrogen and oxygen atoms in total. The Kier molecular flexibility index (Phi) is 4.53. The Morgan fingerprint density at radius 2 is 2.41 bits per heavy atom. The number of hydrogen-bond donors (Lipinski definition) is 1. The largest absolute Gasteiger partial charge is 0.465 e. The third-order valence-corrected chi connectivity index (χ3v) is 4.16. The number of hydrogen-bond acceptors (Lipinski definition) is 4. The summed E-state index contributed by atoms with van der Waals surface area (Å²) in [5, 5.41) is 3.49. The van der Waals surface area contributed by atoms with Crippen molar-refractivity contribution in [2.75, 3.05) is 13.2 Å². The van der Waals surface area contributed by atoms with Crippen molar-refractivity contribution in [1.82, 2.24) is 14.9 Å². The molecule has 0 unspecified atom stereocenters. The molecule has 1 aromatic heterocycles. The topological polar surface area (TPSA) is 56.1 Å². The summed E-state index contributed by atoms with van der Waals surface area (Å²) in [7, 11) is 0. The Morgan fingerprint density at radius 3 is 3.14 bits per heavy atom. The van der Waals surface area contributed by atoms with E-state index >= 15 is 0 Å². The standard InChI is InChI=1S/C17H21N3O2/c1-13(19-7-5-14-6-10-22-17(14)21)15-3-2-4-16(11-15)20-9-8-18-12-20/h2-4,8-9,11-14,19H,5-7,10H2,1H3/t13-,14+/m0/s1. The lowest BCUT2D eigenvalue weighted by Crippen LogP contribution is -2.23. The van der Waals surface area contributed by atoms with Crippen molar-refractivity contribution in [2.45, 2.75) is 25.8 Å². The van der Waals surface area contributed by atoms with Crippen molar-refractivity contribution in [1.29, 1.82) is 0 Å². The molecule has 3 rings (SSSR count). The van der Waals surface area contributed by atoms with Crippen molar-refractivity contribution in [3.05, 3.63) is 48.5 Å². The zero-order valence-electron chi connectivity index (χ0n) is 12.7. The van der Waals surface area contributed by atoms with Gasteiger partial charge >= 0.3 is 5.97 Å². The lowest BCUT2D eigenvalue weighted by Gasteiger charge is -2.16. The third-order valence-electron chi connectivity index (χ3n) is 4.16. The van der Waals surface area contributed by atoms with E-state index in [0.717, 1.165) is 25.1 Å². The SMILES string of the molecule is C[C@H](NCC[C@@H]1CCOC1=O)c1cccc(-n2ccnc2)c1. The maximum absolute atomic E-state index is 11.4. The van der Waals surface area contributed by atoms with E-state index in [-0.39, 0.29) is 17.9 Å². The highest BCUT2D eigenvalue weighted by Gasteiger charge is 2.25. The van der Waals surface area contributed by atoms with E-state index in [9.17, 15) is 4.79 Å². The molecule has 1 aromatic carbocycles. The molecule has 2 aromatic rings. The average molecular weight is 299 g/mol. The molecular formula is C17H21N3O2. The van der Waals surface area contributed by atoms with E-state index in [1.165, 1.54) is 5.56 Å². The Morgan fingerprint density at radius 1 is 1.50 bits per heavy atom. The van der Waals surface area contributed by atoms with Crippen molar-refractivity contribution in [3.8, 4) is 5.69 Å². The molecule has 1 fully saturated rings. The number of carbonyl (C=O) groups excluding carboxylic acids is 1. The Hall–Kier alpha value is -2.14. The van der Waals surface area contributed by atoms with Gasteiger partial charge in [-0.05, 0) is 44.0 Å². The predicted octanol–water partition coefficient (Wildman–Crippen LogP) is 2.48. The molecule has 0 saturated carbocycles. The monoisotopic (exact) mass is 299 g/mol. The number of benzene rings is 1. The van der Waals surface area contributed by atoms with Gasteiger partial charge < -0.3 is 14.6 Å². The van der Waals surface area contributed by atoms with E-state index in [2.05, 4.69) is 41.5 Å². The number of nitrogens with zero attached hydrogens (tertiary/aromatic N) is 2. The molecule has 1 aliphatic rings. The summed E-state index contributed by atoms with van der Waals surface area (Å²) in [5.74, 6) is 0.0218. The van der Waals surface area contributed by atoms with Crippen LogP contribution in [0.2, 0.25) is 0 Å². The molecule has 1 saturated heterocycles. The minimum absolute atomic E-state index is 0.0449. The summed E-state index contributed by atoms with van der Waals surface area (Å²) in [6, 6.07) is 8.62. The highest BCUT2D eigenvalue weighted by Crippen LogP contribution is 2.19. The average Bonchev–Trinajstić information content (AvgIpc) is 3.20. The molecule has 2 atom stereocenters. The maximum Gasteiger partial charge on any atom is 0.309 e. The highest BCUT2D eigenvalue weighted by atomic mass is 16.5. The first-order valence-electron chi connectivity index (χ1n) is 7.72. The van der Waals surface area contributed by atoms with Crippen molar-refractivity contribution >= 4 is 5.97 Å². The number of carbonyl (C=O) groups is 1. The number of rotatable bonds is 6. The molecular weight excluding hydrogens is 278 g/mol. The van der Waals surface area contributed by atoms with Crippen molar-refractivity contribution < 1.29 is 9.53 Å². The quantitative estimate of drug-likeness (QED) is 0.833. The van der Waals surface area contributed by atoms with Crippen LogP contribution in [0.3, 0.4) is 0 Å². The summed E-state index contributed by atoms with van der Waals surface area (Å²) in [5.41, 5.74) is 2.32. The molecule has 116 valence electrons. The molecule has 1 N–H and O–H groups in total. The van der Waals surface area contributed by atoms with Gasteiger partial charge in [0.2, 0.25) is 0 Å². The van der Waals surface area contributed by atoms with Gasteiger partial charge in [-0.3, -0.25) is 4.79 Å². The zero-order chi connectivity index (χ0) is 15.4. The van der Waals surface area contributed by atoms with Crippen molar-refractivity contribution in [2.24, 2.45) is 5.92 Å². The predicted molar refractivity (Wildman–Crippen MR) is 83.7 cm³/mol. The second-order valence-electron chi connectivity index (χ2n) is 5.68. The molecule has 2 heterocycles. The fourth-order valence-electron chi connectivity index (χ4n) is 2.76. The first-order chi connectivity index (χ1) is 10.7. The number of imidazole rings is 1. The molecule has 0 aliphatic carbocycles. The molecule has 5 heteroatoms. The van der Waals surface area contributed by atoms with Crippen LogP contribution in [-0.2, 0) is 9.53 Å². The molecule has 1 aliphatic heterocycles. The van der Waals surface area contributed by atoms with Gasteiger partial charge in [0.25, 0.3) is 0 Å². The number of aromatic nitrogens is 2. The van der Waals surface area contributed by atoms with Crippen LogP contribution >= 0.6 is 0 Å². The van der Waals surface area contributed by atoms with Crippen LogP contribution in [0.25, 0.3) is 5.69 Å². The normalized spacial score (nSPS) is 19.1. The van der Waals surface area contributed by atoms with Gasteiger partial charge in [-0.25, -0.2) is 4.98 Å². The van der Waals surface area contributed by atoms with Gasteiger partial charge in [0, 0.05) is 24.1 Å². The summed E-state index contributed by atoms with van der Waals surface area (Å²) in [6.07, 6.45) is 7.19. The van der Waals surface area contributed by atoms with Gasteiger partial charge in [0.1, 0.15) is 0 Å². The summed E-state index contributed by atoms with van der Waals surface area (Å²) < 4.78 is 6.98. The smallest absolute Gasteiger partial charge is 0.309 e. The van der Waals surface area contributed by atoms with E-state index in [0.29, 0.717) is 6.61 Å². The molecule has 0 amide bonds. The second kappa shape index (κ2) is 6.75. The fraction of sp³-hybridized carbons (Fsp3) is 0.412. The maximum atomic E-state index is 11.4. The fourth-order valence-corrected chi connectivity index (χ4v) is 2.76. The molecule has 0 spiro atoms. The van der Waals surface area contributed by atoms with Crippen molar-refractivity contribution in [3.63, 3.8) is 0 Å². The number of cyclic esters (lactones) is 1. The minimum atomic E-state index is -0.0449. The molecule has 0 radical (unpaired) electrons. The summed E-state index contributed by atoms with van der Waals surface area (Å²) in [6.45, 7) is 3.53. The van der Waals surface area contributed by atoms with Gasteiger partial charge in [0.15, 0.2) is 0 Å². The van der Waals surface area contributed by atoms with Crippen LogP contribution in [0.15, 0.2) is 43.0 Å². The van der Waals surface area contributed by atoms with Crippen LogP contribution in [0.1, 0.15) is 31.4 Å². The zero-order valence-corrected chi connectivity index (χ0v) is 12.7. The van der Waals surface area contributed by atoms with E-state index < -0.39 is 0 Å². The summed E-state index contributed by atoms with van der Waals surface area (Å²) in [4.78, 5) is 15.5. The van der Waals surface area contributed by atoms with Crippen LogP contribution in [0.4, 0.5) is 0 Å². The van der Waals surface area contributed by atoms with Gasteiger partial charge in [-0.1, -0.05) is 12.1 Å². The molecule has 0 bridgehead atoms. The van der Waals surface area contributed by atoms with Gasteiger partial charge in [-0.15, -0.1) is 0 Å². The second-order valence-corrected chi connectivity index (χ2v) is 5.68. The third kappa shape index (κ3) is 3.36. The van der Waals surface area contributed by atoms with Crippen LogP contribution in [0.5, 0.6) is 0 Å². The number of ether oxygens (including phenoxy) is 1. The van der Waals surface area contributed by atoms with Gasteiger partial charge in [0.05, 0.1) is 18.9 Å². The Balaban J connectivity index is 1.57. The minimum Gasteiger partial charge on any atom is -0.465 e. The number of nitrogens with one attached hydrogen (secondary N) is 1. The van der Waals surface area contributed by atoms with E-state index in [4.69, 9.17) is 4.74 Å². The summed E-state index contributed by atoms with van der Waals surface area (Å²) >= 11 is 0. The van der Waals surface area contributed by atoms with E-state index in [1.807, 2.05) is 10.8 Å². The van der Waals surface area contributed by atoms with Gasteiger partial charge in [-0.2, -0.15) is 0 Å². The van der Waals surface area contributed by atoms with E-state index in [1.54, 1.807) is 12.5 Å². The number of esters is 1. The molecule has 22 heavy (non-hydrogen) atoms. The van der Waals surface area contributed by atoms with Crippen LogP contribution < -0.4 is 5.32 Å². The lowest BCUT2D eigenvalue weighted by molar-refractivity contribution is -0.141. The Bertz CT molecular complexity index is 625.